The van der Waals surface area contributed by atoms with Crippen LogP contribution in [0.15, 0.2) is 48.7 Å². The second kappa shape index (κ2) is 7.02. The average Bonchev–Trinajstić information content (AvgIpc) is 3.11. The molecule has 0 saturated heterocycles. The third-order valence-corrected chi connectivity index (χ3v) is 4.16. The zero-order valence-electron chi connectivity index (χ0n) is 14.1. The predicted molar refractivity (Wildman–Crippen MR) is 93.0 cm³/mol. The van der Waals surface area contributed by atoms with E-state index < -0.39 is 4.92 Å². The molecule has 0 N–H and O–H groups in total. The van der Waals surface area contributed by atoms with Gasteiger partial charge in [-0.05, 0) is 35.3 Å². The van der Waals surface area contributed by atoms with E-state index in [0.717, 1.165) is 5.56 Å². The lowest BCUT2D eigenvalue weighted by molar-refractivity contribution is -0.389. The first-order valence-electron chi connectivity index (χ1n) is 8.32. The Balaban J connectivity index is 1.41. The number of pyridine rings is 1. The maximum absolute atomic E-state index is 13.1. The molecule has 0 bridgehead atoms. The fourth-order valence-corrected chi connectivity index (χ4v) is 2.79. The Labute approximate surface area is 153 Å². The minimum absolute atomic E-state index is 0.217. The van der Waals surface area contributed by atoms with E-state index in [9.17, 15) is 14.5 Å². The molecule has 1 aromatic carbocycles. The van der Waals surface area contributed by atoms with Gasteiger partial charge in [0.05, 0.1) is 5.69 Å². The third-order valence-electron chi connectivity index (χ3n) is 4.16. The molecule has 3 aromatic rings. The van der Waals surface area contributed by atoms with Gasteiger partial charge in [-0.25, -0.2) is 9.37 Å². The first kappa shape index (κ1) is 17.0. The maximum Gasteiger partial charge on any atom is 0.414 e. The van der Waals surface area contributed by atoms with Crippen LogP contribution in [0.5, 0.6) is 11.9 Å². The van der Waals surface area contributed by atoms with Crippen molar-refractivity contribution < 1.29 is 18.8 Å². The number of hydrogen-bond donors (Lipinski definition) is 0. The van der Waals surface area contributed by atoms with Crippen molar-refractivity contribution in [2.24, 2.45) is 0 Å². The molecule has 1 aliphatic rings. The lowest BCUT2D eigenvalue weighted by Gasteiger charge is -2.22. The summed E-state index contributed by atoms with van der Waals surface area (Å²) in [5.74, 6) is -0.125. The molecule has 0 fully saturated rings. The Bertz CT molecular complexity index is 974. The number of nitrogens with zero attached hydrogens (tertiary/aromatic N) is 4. The lowest BCUT2D eigenvalue weighted by Crippen LogP contribution is -2.31. The van der Waals surface area contributed by atoms with E-state index in [1.807, 2.05) is 6.07 Å². The standard InChI is InChI=1S/C18H15FN4O4/c19-13-6-4-12(5-7-13)15-2-1-3-17(20-15)26-11-14-8-9-22-10-16(23(24)25)21-18(22)27-14/h1-7,10,14H,8-9,11H2. The van der Waals surface area contributed by atoms with Crippen LogP contribution in [-0.4, -0.2) is 32.2 Å². The summed E-state index contributed by atoms with van der Waals surface area (Å²) in [4.78, 5) is 18.5. The van der Waals surface area contributed by atoms with Crippen LogP contribution in [0.2, 0.25) is 0 Å². The molecular formula is C18H15FN4O4. The highest BCUT2D eigenvalue weighted by Crippen LogP contribution is 2.25. The van der Waals surface area contributed by atoms with Gasteiger partial charge < -0.3 is 19.6 Å². The molecule has 138 valence electrons. The number of benzene rings is 1. The van der Waals surface area contributed by atoms with Gasteiger partial charge in [-0.15, -0.1) is 0 Å². The fraction of sp³-hybridized carbons (Fsp3) is 0.222. The quantitative estimate of drug-likeness (QED) is 0.506. The number of rotatable bonds is 5. The molecule has 0 spiro atoms. The van der Waals surface area contributed by atoms with Crippen molar-refractivity contribution in [1.29, 1.82) is 0 Å². The second-order valence-corrected chi connectivity index (χ2v) is 6.04. The van der Waals surface area contributed by atoms with E-state index in [1.54, 1.807) is 28.8 Å². The Morgan fingerprint density at radius 3 is 2.85 bits per heavy atom. The summed E-state index contributed by atoms with van der Waals surface area (Å²) in [5, 5.41) is 10.8. The lowest BCUT2D eigenvalue weighted by atomic mass is 10.1. The number of halogens is 1. The van der Waals surface area contributed by atoms with E-state index in [1.165, 1.54) is 18.3 Å². The molecule has 0 amide bonds. The van der Waals surface area contributed by atoms with Crippen LogP contribution in [-0.2, 0) is 6.54 Å². The molecule has 3 heterocycles. The van der Waals surface area contributed by atoms with Gasteiger partial charge in [-0.3, -0.25) is 4.57 Å². The van der Waals surface area contributed by atoms with Gasteiger partial charge in [0.25, 0.3) is 0 Å². The topological polar surface area (TPSA) is 92.3 Å². The Morgan fingerprint density at radius 2 is 2.07 bits per heavy atom. The summed E-state index contributed by atoms with van der Waals surface area (Å²) in [6, 6.07) is 11.6. The zero-order chi connectivity index (χ0) is 18.8. The molecule has 0 saturated carbocycles. The van der Waals surface area contributed by atoms with Crippen molar-refractivity contribution in [3.05, 3.63) is 64.6 Å². The van der Waals surface area contributed by atoms with Gasteiger partial charge in [-0.1, -0.05) is 6.07 Å². The summed E-state index contributed by atoms with van der Waals surface area (Å²) >= 11 is 0. The van der Waals surface area contributed by atoms with E-state index in [4.69, 9.17) is 9.47 Å². The minimum atomic E-state index is -0.551. The monoisotopic (exact) mass is 370 g/mol. The van der Waals surface area contributed by atoms with Crippen molar-refractivity contribution in [3.63, 3.8) is 0 Å². The number of nitro groups is 1. The second-order valence-electron chi connectivity index (χ2n) is 6.04. The number of fused-ring (bicyclic) bond motifs is 1. The third kappa shape index (κ3) is 3.71. The molecule has 1 unspecified atom stereocenters. The van der Waals surface area contributed by atoms with Crippen LogP contribution in [0.1, 0.15) is 6.42 Å². The fourth-order valence-electron chi connectivity index (χ4n) is 2.79. The van der Waals surface area contributed by atoms with Crippen molar-refractivity contribution in [1.82, 2.24) is 14.5 Å². The molecular weight excluding hydrogens is 355 g/mol. The van der Waals surface area contributed by atoms with Gasteiger partial charge in [-0.2, -0.15) is 0 Å². The summed E-state index contributed by atoms with van der Waals surface area (Å²) in [6.07, 6.45) is 1.72. The molecule has 0 radical (unpaired) electrons. The Kier molecular flexibility index (Phi) is 4.41. The van der Waals surface area contributed by atoms with Crippen LogP contribution in [0.4, 0.5) is 10.2 Å². The molecule has 1 atom stereocenters. The molecule has 4 rings (SSSR count). The van der Waals surface area contributed by atoms with Crippen LogP contribution in [0, 0.1) is 15.9 Å². The minimum Gasteiger partial charge on any atom is -0.474 e. The number of hydrogen-bond acceptors (Lipinski definition) is 6. The van der Waals surface area contributed by atoms with Gasteiger partial charge in [0.1, 0.15) is 24.7 Å². The number of ether oxygens (including phenoxy) is 2. The highest BCUT2D eigenvalue weighted by Gasteiger charge is 2.28. The van der Waals surface area contributed by atoms with Gasteiger partial charge >= 0.3 is 11.8 Å². The van der Waals surface area contributed by atoms with E-state index in [0.29, 0.717) is 24.5 Å². The van der Waals surface area contributed by atoms with Crippen LogP contribution in [0.25, 0.3) is 11.3 Å². The average molecular weight is 370 g/mol. The van der Waals surface area contributed by atoms with Crippen molar-refractivity contribution in [3.8, 4) is 23.1 Å². The molecule has 1 aliphatic heterocycles. The maximum atomic E-state index is 13.1. The Morgan fingerprint density at radius 1 is 1.26 bits per heavy atom. The molecule has 27 heavy (non-hydrogen) atoms. The van der Waals surface area contributed by atoms with E-state index in [2.05, 4.69) is 9.97 Å². The number of aryl methyl sites for hydroxylation is 1. The van der Waals surface area contributed by atoms with Crippen LogP contribution < -0.4 is 9.47 Å². The van der Waals surface area contributed by atoms with Crippen LogP contribution in [0.3, 0.4) is 0 Å². The first-order valence-corrected chi connectivity index (χ1v) is 8.32. The van der Waals surface area contributed by atoms with E-state index in [-0.39, 0.29) is 30.4 Å². The van der Waals surface area contributed by atoms with Crippen LogP contribution >= 0.6 is 0 Å². The highest BCUT2D eigenvalue weighted by molar-refractivity contribution is 5.59. The van der Waals surface area contributed by atoms with E-state index >= 15 is 0 Å². The Hall–Kier alpha value is -3.49. The first-order chi connectivity index (χ1) is 13.1. The number of aromatic nitrogens is 3. The van der Waals surface area contributed by atoms with Crippen molar-refractivity contribution >= 4 is 5.82 Å². The molecule has 9 heteroatoms. The van der Waals surface area contributed by atoms with Crippen molar-refractivity contribution in [2.75, 3.05) is 6.61 Å². The predicted octanol–water partition coefficient (Wildman–Crippen LogP) is 3.22. The summed E-state index contributed by atoms with van der Waals surface area (Å²) in [6.45, 7) is 0.799. The van der Waals surface area contributed by atoms with Gasteiger partial charge in [0, 0.05) is 29.6 Å². The molecule has 0 aliphatic carbocycles. The van der Waals surface area contributed by atoms with Gasteiger partial charge in [0.2, 0.25) is 5.88 Å². The van der Waals surface area contributed by atoms with Crippen molar-refractivity contribution in [2.45, 2.75) is 19.1 Å². The number of imidazole rings is 1. The smallest absolute Gasteiger partial charge is 0.414 e. The normalized spacial score (nSPS) is 15.7. The highest BCUT2D eigenvalue weighted by atomic mass is 19.1. The van der Waals surface area contributed by atoms with Gasteiger partial charge in [0.15, 0.2) is 0 Å². The largest absolute Gasteiger partial charge is 0.474 e. The summed E-state index contributed by atoms with van der Waals surface area (Å²) in [5.41, 5.74) is 1.45. The zero-order valence-corrected chi connectivity index (χ0v) is 14.1. The summed E-state index contributed by atoms with van der Waals surface area (Å²) < 4.78 is 26.1. The summed E-state index contributed by atoms with van der Waals surface area (Å²) in [7, 11) is 0. The molecule has 8 nitrogen and oxygen atoms in total. The molecule has 2 aromatic heterocycles. The SMILES string of the molecule is O=[N+]([O-])c1cn2c(n1)OC(COc1cccc(-c3ccc(F)cc3)n1)CC2.